The van der Waals surface area contributed by atoms with Crippen LogP contribution in [0.15, 0.2) is 30.3 Å². The quantitative estimate of drug-likeness (QED) is 0.0491. The van der Waals surface area contributed by atoms with Gasteiger partial charge in [0.15, 0.2) is 0 Å². The molecule has 3 fully saturated rings. The van der Waals surface area contributed by atoms with Crippen LogP contribution in [0.4, 0.5) is 0 Å². The number of rotatable bonds is 34. The Hall–Kier alpha value is -4.29. The summed E-state index contributed by atoms with van der Waals surface area (Å²) in [7, 11) is 2.70. The number of methoxy groups -OCH3 is 2. The number of ether oxygens (including phenoxy) is 4. The van der Waals surface area contributed by atoms with E-state index in [1.807, 2.05) is 83.8 Å². The number of likely N-dealkylation sites (tertiary alicyclic amines) is 2. The third-order valence-corrected chi connectivity index (χ3v) is 17.6. The molecule has 5 N–H and O–H groups in total. The molecule has 2 saturated heterocycles. The van der Waals surface area contributed by atoms with Crippen LogP contribution in [0.5, 0.6) is 0 Å². The number of nitrogens with one attached hydrogen (secondary N) is 3. The van der Waals surface area contributed by atoms with E-state index in [1.165, 1.54) is 14.2 Å². The number of carbonyl (C=O) groups excluding carboxylic acids is 5. The molecule has 1 saturated carbocycles. The number of carboxylic acids is 1. The van der Waals surface area contributed by atoms with Crippen molar-refractivity contribution < 1.29 is 66.3 Å². The van der Waals surface area contributed by atoms with Crippen molar-refractivity contribution in [2.45, 2.75) is 167 Å². The number of amides is 5. The van der Waals surface area contributed by atoms with Gasteiger partial charge in [-0.05, 0) is 75.3 Å². The van der Waals surface area contributed by atoms with Gasteiger partial charge in [-0.2, -0.15) is 0 Å². The van der Waals surface area contributed by atoms with E-state index in [2.05, 4.69) is 15.4 Å². The van der Waals surface area contributed by atoms with Crippen LogP contribution in [0, 0.1) is 29.6 Å². The summed E-state index contributed by atoms with van der Waals surface area (Å²) >= 11 is 0. The molecular weight excluding hydrogens is 1010 g/mol. The Bertz CT molecular complexity index is 2140. The zero-order valence-electron chi connectivity index (χ0n) is 47.7. The van der Waals surface area contributed by atoms with Crippen molar-refractivity contribution in [3.63, 3.8) is 0 Å². The molecule has 5 amide bonds. The lowest BCUT2D eigenvalue weighted by Crippen LogP contribution is -2.60. The summed E-state index contributed by atoms with van der Waals surface area (Å²) in [6, 6.07) is 5.49. The number of aliphatic carboxylic acids is 1. The molecule has 1 unspecified atom stereocenters. The van der Waals surface area contributed by atoms with Crippen LogP contribution in [0.25, 0.3) is 0 Å². The highest BCUT2D eigenvalue weighted by Crippen LogP contribution is 2.31. The maximum atomic E-state index is 14.7. The fourth-order valence-corrected chi connectivity index (χ4v) is 12.2. The number of carboxylic acid groups (broad SMARTS) is 1. The average molecular weight is 1110 g/mol. The first-order chi connectivity index (χ1) is 36.5. The first-order valence-electron chi connectivity index (χ1n) is 27.8. The summed E-state index contributed by atoms with van der Waals surface area (Å²) < 4.78 is 51.4. The number of benzene rings is 1. The molecule has 1 aliphatic carbocycles. The van der Waals surface area contributed by atoms with Crippen molar-refractivity contribution in [3.8, 4) is 0 Å². The van der Waals surface area contributed by atoms with Gasteiger partial charge < -0.3 is 49.2 Å². The molecule has 0 spiro atoms. The van der Waals surface area contributed by atoms with E-state index < -0.39 is 87.6 Å². The van der Waals surface area contributed by atoms with Gasteiger partial charge in [-0.3, -0.25) is 43.7 Å². The number of hydrogen-bond donors (Lipinski definition) is 5. The van der Waals surface area contributed by atoms with Gasteiger partial charge in [0.05, 0.1) is 86.8 Å². The van der Waals surface area contributed by atoms with E-state index in [4.69, 9.17) is 18.9 Å². The number of aliphatic hydroxyl groups is 1. The molecule has 10 atom stereocenters. The zero-order chi connectivity index (χ0) is 57.1. The Labute approximate surface area is 458 Å². The average Bonchev–Trinajstić information content (AvgIpc) is 4.16. The van der Waals surface area contributed by atoms with Crippen LogP contribution >= 0.6 is 0 Å². The summed E-state index contributed by atoms with van der Waals surface area (Å²) in [6.07, 6.45) is 1.28. The van der Waals surface area contributed by atoms with Crippen molar-refractivity contribution in [2.75, 3.05) is 80.9 Å². The fraction of sp³-hybridized carbons (Fsp3) is 0.782. The second kappa shape index (κ2) is 31.5. The summed E-state index contributed by atoms with van der Waals surface area (Å²) in [6.45, 7) is 16.2. The second-order valence-electron chi connectivity index (χ2n) is 22.1. The van der Waals surface area contributed by atoms with Gasteiger partial charge in [0.2, 0.25) is 33.7 Å². The Kier molecular flexibility index (Phi) is 26.7. The van der Waals surface area contributed by atoms with E-state index in [9.17, 15) is 47.4 Å². The number of hydrogen-bond acceptors (Lipinski definition) is 15. The van der Waals surface area contributed by atoms with E-state index in [-0.39, 0.29) is 80.5 Å². The normalized spacial score (nSPS) is 20.0. The number of sulfonamides is 1. The van der Waals surface area contributed by atoms with Crippen LogP contribution in [0.2, 0.25) is 0 Å². The lowest BCUT2D eigenvalue weighted by atomic mass is 9.89. The highest BCUT2D eigenvalue weighted by molar-refractivity contribution is 7.90. The van der Waals surface area contributed by atoms with Crippen LogP contribution < -0.4 is 15.4 Å². The highest BCUT2D eigenvalue weighted by atomic mass is 32.2. The molecule has 0 aromatic heterocycles. The molecule has 21 nitrogen and oxygen atoms in total. The van der Waals surface area contributed by atoms with Gasteiger partial charge in [0.1, 0.15) is 12.3 Å². The largest absolute Gasteiger partial charge is 0.481 e. The number of carbonyl (C=O) groups is 6. The van der Waals surface area contributed by atoms with Crippen LogP contribution in [0.3, 0.4) is 0 Å². The van der Waals surface area contributed by atoms with Gasteiger partial charge >= 0.3 is 5.97 Å². The van der Waals surface area contributed by atoms with Crippen molar-refractivity contribution in [2.24, 2.45) is 29.6 Å². The van der Waals surface area contributed by atoms with Crippen molar-refractivity contribution in [3.05, 3.63) is 35.9 Å². The lowest BCUT2D eigenvalue weighted by molar-refractivity contribution is -0.148. The molecule has 2 heterocycles. The molecule has 2 aliphatic heterocycles. The number of aliphatic hydroxyl groups excluding tert-OH is 1. The molecule has 438 valence electrons. The molecule has 0 bridgehead atoms. The number of piperidine rings is 1. The van der Waals surface area contributed by atoms with E-state index >= 15 is 0 Å². The summed E-state index contributed by atoms with van der Waals surface area (Å²) in [4.78, 5) is 87.7. The summed E-state index contributed by atoms with van der Waals surface area (Å²) in [5.41, 5.74) is 0.765. The van der Waals surface area contributed by atoms with Crippen LogP contribution in [-0.4, -0.2) is 209 Å². The molecule has 1 aromatic rings. The third-order valence-electron chi connectivity index (χ3n) is 15.8. The van der Waals surface area contributed by atoms with Gasteiger partial charge in [-0.1, -0.05) is 85.2 Å². The molecule has 77 heavy (non-hydrogen) atoms. The summed E-state index contributed by atoms with van der Waals surface area (Å²) in [5, 5.41) is 26.3. The second-order valence-corrected chi connectivity index (χ2v) is 24.1. The van der Waals surface area contributed by atoms with E-state index in [1.54, 1.807) is 28.7 Å². The minimum Gasteiger partial charge on any atom is -0.481 e. The molecule has 4 rings (SSSR count). The summed E-state index contributed by atoms with van der Waals surface area (Å²) in [5.74, 6) is -4.10. The monoisotopic (exact) mass is 1110 g/mol. The highest BCUT2D eigenvalue weighted by Gasteiger charge is 2.44. The Morgan fingerprint density at radius 3 is 2.00 bits per heavy atom. The Morgan fingerprint density at radius 2 is 1.44 bits per heavy atom. The standard InChI is InChI=1S/C55H93N7O14S/c1-12-37(6)49(60(9)54(68)47(35(2)3)57-53(67)48(36(4)5)59(8)28-30-76-32-31-75-29-24-45(63)61-26-22-40(23-27-61)55(69)70)44(73-10)34-46(64)62-25-16-19-43(62)50(74-11)38(7)51(65)56-42(33-39-17-14-13-15-18-39)52(66)58-77(71,72)41-20-21-41/h13-15,17-18,35-38,40-44,47-51,56,65H,12,16,19-34H2,1-11H3,(H,57,67)(H,58,66)(H,69,70)/t37-,38+,42-,43-,44+,47-,48-,49-,50+,51?/m0/s1. The van der Waals surface area contributed by atoms with Crippen LogP contribution in [-0.2, 0) is 64.2 Å². The fourth-order valence-electron chi connectivity index (χ4n) is 10.8. The Morgan fingerprint density at radius 1 is 0.805 bits per heavy atom. The molecule has 3 aliphatic rings. The van der Waals surface area contributed by atoms with Gasteiger partial charge in [-0.25, -0.2) is 8.42 Å². The predicted molar refractivity (Wildman–Crippen MR) is 291 cm³/mol. The third kappa shape index (κ3) is 19.2. The molecule has 22 heteroatoms. The first-order valence-corrected chi connectivity index (χ1v) is 29.3. The van der Waals surface area contributed by atoms with Crippen molar-refractivity contribution >= 4 is 45.5 Å². The molecular formula is C55H93N7O14S. The maximum absolute atomic E-state index is 14.7. The SMILES string of the molecule is CC[C@H](C)[C@@H]([C@@H](CC(=O)N1CCC[C@H]1[C@H](OC)[C@@H](C)C(O)N[C@@H](Cc1ccccc1)C(=O)NS(=O)(=O)C1CC1)OC)N(C)C(=O)[C@@H](NC(=O)[C@H](C(C)C)N(C)CCOCCOCCC(=O)N1CCC(C(=O)O)CC1)C(C)C. The zero-order valence-corrected chi connectivity index (χ0v) is 48.5. The predicted octanol–water partition coefficient (Wildman–Crippen LogP) is 2.88. The smallest absolute Gasteiger partial charge is 0.306 e. The minimum atomic E-state index is -3.86. The van der Waals surface area contributed by atoms with Crippen molar-refractivity contribution in [1.82, 2.24) is 35.0 Å². The van der Waals surface area contributed by atoms with E-state index in [0.29, 0.717) is 77.7 Å². The lowest BCUT2D eigenvalue weighted by Gasteiger charge is -2.41. The van der Waals surface area contributed by atoms with E-state index in [0.717, 1.165) is 5.56 Å². The molecule has 0 radical (unpaired) electrons. The first kappa shape index (κ1) is 65.2. The Balaban J connectivity index is 1.35. The van der Waals surface area contributed by atoms with Crippen LogP contribution in [0.1, 0.15) is 112 Å². The topological polar surface area (TPSA) is 263 Å². The van der Waals surface area contributed by atoms with Gasteiger partial charge in [0, 0.05) is 53.4 Å². The van der Waals surface area contributed by atoms with Gasteiger partial charge in [0.25, 0.3) is 5.91 Å². The van der Waals surface area contributed by atoms with Crippen molar-refractivity contribution in [1.29, 1.82) is 0 Å². The minimum absolute atomic E-state index is 0.0590. The number of likely N-dealkylation sites (N-methyl/N-ethyl adjacent to an activating group) is 2. The molecule has 1 aromatic carbocycles. The number of nitrogens with zero attached hydrogens (tertiary/aromatic N) is 4. The van der Waals surface area contributed by atoms with Gasteiger partial charge in [-0.15, -0.1) is 0 Å². The maximum Gasteiger partial charge on any atom is 0.306 e.